The molecule has 0 saturated heterocycles. The summed E-state index contributed by atoms with van der Waals surface area (Å²) in [6, 6.07) is 9.89. The van der Waals surface area contributed by atoms with Gasteiger partial charge in [0.25, 0.3) is 0 Å². The Hall–Kier alpha value is -1.46. The van der Waals surface area contributed by atoms with Crippen LogP contribution in [0.4, 0.5) is 0 Å². The lowest BCUT2D eigenvalue weighted by Gasteiger charge is -2.15. The van der Waals surface area contributed by atoms with Crippen molar-refractivity contribution in [1.29, 1.82) is 0 Å². The van der Waals surface area contributed by atoms with Gasteiger partial charge in [0, 0.05) is 24.4 Å². The summed E-state index contributed by atoms with van der Waals surface area (Å²) in [5, 5.41) is 5.45. The number of hydrogen-bond acceptors (Lipinski definition) is 4. The van der Waals surface area contributed by atoms with Gasteiger partial charge in [0.1, 0.15) is 5.75 Å². The zero-order chi connectivity index (χ0) is 13.8. The summed E-state index contributed by atoms with van der Waals surface area (Å²) in [6.07, 6.45) is 0. The van der Waals surface area contributed by atoms with Crippen LogP contribution in [0.25, 0.3) is 0 Å². The minimum Gasteiger partial charge on any atom is -0.496 e. The molecule has 0 saturated carbocycles. The summed E-state index contributed by atoms with van der Waals surface area (Å²) in [4.78, 5) is 0. The molecule has 0 radical (unpaired) electrons. The highest BCUT2D eigenvalue weighted by Crippen LogP contribution is 2.28. The van der Waals surface area contributed by atoms with Gasteiger partial charge >= 0.3 is 0 Å². The highest BCUT2D eigenvalue weighted by Gasteiger charge is 2.13. The fourth-order valence-corrected chi connectivity index (χ4v) is 2.97. The van der Waals surface area contributed by atoms with Gasteiger partial charge in [0.05, 0.1) is 17.8 Å². The number of aryl methyl sites for hydroxylation is 2. The van der Waals surface area contributed by atoms with Gasteiger partial charge < -0.3 is 10.5 Å². The minimum atomic E-state index is -0.0589. The first-order chi connectivity index (χ1) is 9.11. The first-order valence-electron chi connectivity index (χ1n) is 6.13. The van der Waals surface area contributed by atoms with Crippen LogP contribution in [-0.2, 0) is 7.05 Å². The summed E-state index contributed by atoms with van der Waals surface area (Å²) < 4.78 is 7.22. The maximum absolute atomic E-state index is 6.25. The van der Waals surface area contributed by atoms with Crippen LogP contribution in [0.3, 0.4) is 0 Å². The maximum Gasteiger partial charge on any atom is 0.123 e. The minimum absolute atomic E-state index is 0.0589. The maximum atomic E-state index is 6.25. The molecule has 0 spiro atoms. The lowest BCUT2D eigenvalue weighted by Crippen LogP contribution is -2.14. The van der Waals surface area contributed by atoms with E-state index in [0.717, 1.165) is 27.8 Å². The molecule has 4 nitrogen and oxygen atoms in total. The monoisotopic (exact) mass is 277 g/mol. The molecule has 2 aromatic rings. The predicted molar refractivity (Wildman–Crippen MR) is 78.6 cm³/mol. The molecule has 102 valence electrons. The van der Waals surface area contributed by atoms with Crippen molar-refractivity contribution in [2.75, 3.05) is 12.9 Å². The largest absolute Gasteiger partial charge is 0.496 e. The Balaban J connectivity index is 2.05. The summed E-state index contributed by atoms with van der Waals surface area (Å²) >= 11 is 1.71. The molecule has 0 bridgehead atoms. The van der Waals surface area contributed by atoms with E-state index in [-0.39, 0.29) is 6.04 Å². The van der Waals surface area contributed by atoms with Gasteiger partial charge in [0.15, 0.2) is 0 Å². The highest BCUT2D eigenvalue weighted by molar-refractivity contribution is 7.99. The van der Waals surface area contributed by atoms with E-state index < -0.39 is 0 Å². The van der Waals surface area contributed by atoms with E-state index >= 15 is 0 Å². The molecule has 19 heavy (non-hydrogen) atoms. The number of nitrogens with two attached hydrogens (primary N) is 1. The predicted octanol–water partition coefficient (Wildman–Crippen LogP) is 2.53. The molecule has 0 aliphatic rings. The summed E-state index contributed by atoms with van der Waals surface area (Å²) in [6.45, 7) is 1.99. The Morgan fingerprint density at radius 3 is 2.79 bits per heavy atom. The summed E-state index contributed by atoms with van der Waals surface area (Å²) in [7, 11) is 3.62. The fourth-order valence-electron chi connectivity index (χ4n) is 1.96. The molecular weight excluding hydrogens is 258 g/mol. The van der Waals surface area contributed by atoms with Crippen molar-refractivity contribution in [3.05, 3.63) is 41.6 Å². The van der Waals surface area contributed by atoms with Crippen molar-refractivity contribution in [1.82, 2.24) is 9.78 Å². The number of nitrogens with zero attached hydrogens (tertiary/aromatic N) is 2. The normalized spacial score (nSPS) is 12.4. The molecule has 5 heteroatoms. The molecule has 2 rings (SSSR count). The van der Waals surface area contributed by atoms with E-state index in [2.05, 4.69) is 11.2 Å². The van der Waals surface area contributed by atoms with E-state index in [1.807, 2.05) is 42.9 Å². The molecule has 1 aromatic carbocycles. The van der Waals surface area contributed by atoms with Gasteiger partial charge in [-0.3, -0.25) is 4.68 Å². The van der Waals surface area contributed by atoms with Crippen LogP contribution in [0.15, 0.2) is 35.4 Å². The highest BCUT2D eigenvalue weighted by atomic mass is 32.2. The molecular formula is C14H19N3OS. The lowest BCUT2D eigenvalue weighted by atomic mass is 10.1. The molecule has 0 amide bonds. The van der Waals surface area contributed by atoms with Gasteiger partial charge in [-0.1, -0.05) is 18.2 Å². The number of para-hydroxylation sites is 1. The number of thioether (sulfide) groups is 1. The van der Waals surface area contributed by atoms with Crippen LogP contribution < -0.4 is 10.5 Å². The second-order valence-corrected chi connectivity index (χ2v) is 5.45. The van der Waals surface area contributed by atoms with Crippen molar-refractivity contribution < 1.29 is 4.74 Å². The molecule has 1 atom stereocenters. The van der Waals surface area contributed by atoms with Gasteiger partial charge in [-0.05, 0) is 19.1 Å². The molecule has 0 fully saturated rings. The van der Waals surface area contributed by atoms with E-state index in [1.54, 1.807) is 18.9 Å². The number of benzene rings is 1. The first kappa shape index (κ1) is 14.0. The van der Waals surface area contributed by atoms with Crippen LogP contribution in [0.1, 0.15) is 17.3 Å². The number of hydrogen-bond donors (Lipinski definition) is 1. The number of rotatable bonds is 5. The third-order valence-electron chi connectivity index (χ3n) is 2.91. The third kappa shape index (κ3) is 3.30. The first-order valence-corrected chi connectivity index (χ1v) is 7.12. The zero-order valence-electron chi connectivity index (χ0n) is 11.5. The fraction of sp³-hybridized carbons (Fsp3) is 0.357. The van der Waals surface area contributed by atoms with Crippen LogP contribution in [-0.4, -0.2) is 22.6 Å². The van der Waals surface area contributed by atoms with Crippen LogP contribution >= 0.6 is 11.8 Å². The smallest absolute Gasteiger partial charge is 0.123 e. The van der Waals surface area contributed by atoms with E-state index in [4.69, 9.17) is 10.5 Å². The van der Waals surface area contributed by atoms with Gasteiger partial charge in [-0.25, -0.2) is 0 Å². The Kier molecular flexibility index (Phi) is 4.50. The third-order valence-corrected chi connectivity index (χ3v) is 4.11. The van der Waals surface area contributed by atoms with Crippen molar-refractivity contribution in [3.8, 4) is 5.75 Å². The summed E-state index contributed by atoms with van der Waals surface area (Å²) in [5.41, 5.74) is 8.31. The number of aromatic nitrogens is 2. The molecule has 1 heterocycles. The Bertz CT molecular complexity index is 553. The van der Waals surface area contributed by atoms with Crippen molar-refractivity contribution in [2.24, 2.45) is 12.8 Å². The second-order valence-electron chi connectivity index (χ2n) is 4.41. The topological polar surface area (TPSA) is 53.1 Å². The van der Waals surface area contributed by atoms with E-state index in [0.29, 0.717) is 0 Å². The molecule has 0 aliphatic carbocycles. The molecule has 0 aliphatic heterocycles. The molecule has 1 aromatic heterocycles. The Morgan fingerprint density at radius 1 is 1.42 bits per heavy atom. The Labute approximate surface area is 117 Å². The Morgan fingerprint density at radius 2 is 2.16 bits per heavy atom. The standard InChI is InChI=1S/C14H19N3OS/c1-10-8-14(17(2)16-10)19-9-12(15)11-6-4-5-7-13(11)18-3/h4-8,12H,9,15H2,1-3H3. The van der Waals surface area contributed by atoms with E-state index in [9.17, 15) is 0 Å². The average Bonchev–Trinajstić information content (AvgIpc) is 2.74. The van der Waals surface area contributed by atoms with E-state index in [1.165, 1.54) is 0 Å². The average molecular weight is 277 g/mol. The molecule has 1 unspecified atom stereocenters. The lowest BCUT2D eigenvalue weighted by molar-refractivity contribution is 0.407. The van der Waals surface area contributed by atoms with Crippen LogP contribution in [0.2, 0.25) is 0 Å². The van der Waals surface area contributed by atoms with Crippen molar-refractivity contribution >= 4 is 11.8 Å². The van der Waals surface area contributed by atoms with Gasteiger partial charge in [-0.15, -0.1) is 11.8 Å². The molecule has 2 N–H and O–H groups in total. The number of methoxy groups -OCH3 is 1. The quantitative estimate of drug-likeness (QED) is 0.853. The van der Waals surface area contributed by atoms with Crippen LogP contribution in [0.5, 0.6) is 5.75 Å². The van der Waals surface area contributed by atoms with Gasteiger partial charge in [0.2, 0.25) is 0 Å². The zero-order valence-corrected chi connectivity index (χ0v) is 12.3. The summed E-state index contributed by atoms with van der Waals surface area (Å²) in [5.74, 6) is 1.64. The SMILES string of the molecule is COc1ccccc1C(N)CSc1cc(C)nn1C. The second kappa shape index (κ2) is 6.12. The van der Waals surface area contributed by atoms with Crippen molar-refractivity contribution in [2.45, 2.75) is 18.0 Å². The van der Waals surface area contributed by atoms with Gasteiger partial charge in [-0.2, -0.15) is 5.10 Å². The van der Waals surface area contributed by atoms with Crippen LogP contribution in [0, 0.1) is 6.92 Å². The number of ether oxygens (including phenoxy) is 1. The van der Waals surface area contributed by atoms with Crippen molar-refractivity contribution in [3.63, 3.8) is 0 Å².